The number of carboxylic acid groups (broad SMARTS) is 1. The van der Waals surface area contributed by atoms with Gasteiger partial charge in [0.05, 0.1) is 27.1 Å². The molecule has 2 aromatic carbocycles. The van der Waals surface area contributed by atoms with Crippen LogP contribution in [0.25, 0.3) is 0 Å². The SMILES string of the molecule is C[C@@](CCOc1ccc(Cl)c(F)c1)(C(=O)O)c1ccc(Cl)c(Cl)c1. The minimum Gasteiger partial charge on any atom is -0.493 e. The summed E-state index contributed by atoms with van der Waals surface area (Å²) in [6.45, 7) is 1.64. The Bertz CT molecular complexity index is 767. The molecule has 0 unspecified atom stereocenters. The van der Waals surface area contributed by atoms with Crippen molar-refractivity contribution in [3.63, 3.8) is 0 Å². The van der Waals surface area contributed by atoms with Crippen LogP contribution in [0.2, 0.25) is 15.1 Å². The molecule has 0 saturated heterocycles. The van der Waals surface area contributed by atoms with Crippen LogP contribution in [0.5, 0.6) is 5.75 Å². The summed E-state index contributed by atoms with van der Waals surface area (Å²) in [5, 5.41) is 10.2. The van der Waals surface area contributed by atoms with Crippen molar-refractivity contribution in [2.75, 3.05) is 6.61 Å². The van der Waals surface area contributed by atoms with Crippen molar-refractivity contribution >= 4 is 40.8 Å². The molecule has 2 rings (SSSR count). The van der Waals surface area contributed by atoms with E-state index in [1.807, 2.05) is 0 Å². The summed E-state index contributed by atoms with van der Waals surface area (Å²) in [4.78, 5) is 11.7. The lowest BCUT2D eigenvalue weighted by Crippen LogP contribution is -2.34. The third-order valence-corrected chi connectivity index (χ3v) is 4.84. The van der Waals surface area contributed by atoms with Gasteiger partial charge in [0.1, 0.15) is 11.6 Å². The second-order valence-electron chi connectivity index (χ2n) is 5.44. The van der Waals surface area contributed by atoms with Crippen molar-refractivity contribution < 1.29 is 19.0 Å². The van der Waals surface area contributed by atoms with E-state index < -0.39 is 17.2 Å². The normalized spacial score (nSPS) is 13.4. The number of hydrogen-bond donors (Lipinski definition) is 1. The Morgan fingerprint density at radius 3 is 2.38 bits per heavy atom. The van der Waals surface area contributed by atoms with Gasteiger partial charge in [-0.15, -0.1) is 0 Å². The van der Waals surface area contributed by atoms with Crippen LogP contribution in [-0.4, -0.2) is 17.7 Å². The lowest BCUT2D eigenvalue weighted by Gasteiger charge is -2.25. The van der Waals surface area contributed by atoms with Gasteiger partial charge in [-0.25, -0.2) is 4.39 Å². The molecule has 0 heterocycles. The highest BCUT2D eigenvalue weighted by Crippen LogP contribution is 2.33. The van der Waals surface area contributed by atoms with Gasteiger partial charge in [0.25, 0.3) is 0 Å². The summed E-state index contributed by atoms with van der Waals surface area (Å²) in [5.74, 6) is -1.34. The van der Waals surface area contributed by atoms with E-state index in [9.17, 15) is 14.3 Å². The zero-order valence-corrected chi connectivity index (χ0v) is 14.9. The van der Waals surface area contributed by atoms with Crippen molar-refractivity contribution in [2.24, 2.45) is 0 Å². The smallest absolute Gasteiger partial charge is 0.313 e. The quantitative estimate of drug-likeness (QED) is 0.697. The maximum Gasteiger partial charge on any atom is 0.313 e. The fraction of sp³-hybridized carbons (Fsp3) is 0.235. The number of ether oxygens (including phenoxy) is 1. The first-order chi connectivity index (χ1) is 11.2. The lowest BCUT2D eigenvalue weighted by atomic mass is 9.80. The summed E-state index contributed by atoms with van der Waals surface area (Å²) in [7, 11) is 0. The zero-order chi connectivity index (χ0) is 17.9. The maximum absolute atomic E-state index is 13.4. The van der Waals surface area contributed by atoms with E-state index in [1.54, 1.807) is 19.1 Å². The van der Waals surface area contributed by atoms with Crippen LogP contribution in [0.4, 0.5) is 4.39 Å². The van der Waals surface area contributed by atoms with Crippen LogP contribution in [0.15, 0.2) is 36.4 Å². The summed E-state index contributed by atoms with van der Waals surface area (Å²) >= 11 is 17.5. The van der Waals surface area contributed by atoms with Gasteiger partial charge in [-0.2, -0.15) is 0 Å². The average Bonchev–Trinajstić information content (AvgIpc) is 2.53. The van der Waals surface area contributed by atoms with Crippen molar-refractivity contribution in [3.8, 4) is 5.75 Å². The van der Waals surface area contributed by atoms with Crippen molar-refractivity contribution in [2.45, 2.75) is 18.8 Å². The van der Waals surface area contributed by atoms with E-state index >= 15 is 0 Å². The van der Waals surface area contributed by atoms with Crippen molar-refractivity contribution in [1.29, 1.82) is 0 Å². The Kier molecular flexibility index (Phi) is 5.97. The number of benzene rings is 2. The topological polar surface area (TPSA) is 46.5 Å². The third-order valence-electron chi connectivity index (χ3n) is 3.79. The predicted octanol–water partition coefficient (Wildman–Crippen LogP) is 5.60. The highest BCUT2D eigenvalue weighted by atomic mass is 35.5. The minimum absolute atomic E-state index is 0.00599. The number of halogens is 4. The summed E-state index contributed by atoms with van der Waals surface area (Å²) in [5.41, 5.74) is -0.713. The first-order valence-corrected chi connectivity index (χ1v) is 8.14. The van der Waals surface area contributed by atoms with E-state index in [-0.39, 0.29) is 28.8 Å². The molecule has 24 heavy (non-hydrogen) atoms. The number of aliphatic carboxylic acids is 1. The second-order valence-corrected chi connectivity index (χ2v) is 6.66. The molecule has 0 radical (unpaired) electrons. The van der Waals surface area contributed by atoms with Gasteiger partial charge in [0.2, 0.25) is 0 Å². The Labute approximate surface area is 153 Å². The molecule has 0 aliphatic heterocycles. The molecule has 128 valence electrons. The monoisotopic (exact) mass is 390 g/mol. The molecular formula is C17H14Cl3FO3. The molecule has 1 N–H and O–H groups in total. The summed E-state index contributed by atoms with van der Waals surface area (Å²) < 4.78 is 18.8. The van der Waals surface area contributed by atoms with E-state index in [4.69, 9.17) is 39.5 Å². The molecule has 0 fully saturated rings. The molecule has 7 heteroatoms. The minimum atomic E-state index is -1.22. The summed E-state index contributed by atoms with van der Waals surface area (Å²) in [6.07, 6.45) is 0.157. The van der Waals surface area contributed by atoms with Crippen molar-refractivity contribution in [1.82, 2.24) is 0 Å². The van der Waals surface area contributed by atoms with E-state index in [1.165, 1.54) is 18.2 Å². The molecule has 3 nitrogen and oxygen atoms in total. The Morgan fingerprint density at radius 2 is 1.79 bits per heavy atom. The molecular weight excluding hydrogens is 378 g/mol. The highest BCUT2D eigenvalue weighted by molar-refractivity contribution is 6.42. The van der Waals surface area contributed by atoms with E-state index in [0.29, 0.717) is 10.6 Å². The van der Waals surface area contributed by atoms with Crippen LogP contribution in [-0.2, 0) is 10.2 Å². The standard InChI is InChI=1S/C17H14Cl3FO3/c1-17(16(22)23,10-2-4-12(18)14(20)8-10)6-7-24-11-3-5-13(19)15(21)9-11/h2-5,8-9H,6-7H2,1H3,(H,22,23)/t17-/m0/s1. The van der Waals surface area contributed by atoms with Gasteiger partial charge in [-0.05, 0) is 36.8 Å². The van der Waals surface area contributed by atoms with Crippen molar-refractivity contribution in [3.05, 3.63) is 62.8 Å². The molecule has 2 aromatic rings. The number of hydrogen-bond acceptors (Lipinski definition) is 2. The molecule has 0 aromatic heterocycles. The van der Waals surface area contributed by atoms with Gasteiger partial charge in [0, 0.05) is 12.5 Å². The number of carbonyl (C=O) groups is 1. The number of carboxylic acids is 1. The van der Waals surface area contributed by atoms with Gasteiger partial charge in [-0.1, -0.05) is 40.9 Å². The van der Waals surface area contributed by atoms with Crippen LogP contribution in [0.1, 0.15) is 18.9 Å². The van der Waals surface area contributed by atoms with Gasteiger partial charge >= 0.3 is 5.97 Å². The van der Waals surface area contributed by atoms with Gasteiger partial charge in [0.15, 0.2) is 0 Å². The highest BCUT2D eigenvalue weighted by Gasteiger charge is 2.35. The van der Waals surface area contributed by atoms with Crippen LogP contribution in [0.3, 0.4) is 0 Å². The molecule has 1 atom stereocenters. The molecule has 0 aliphatic carbocycles. The Morgan fingerprint density at radius 1 is 1.12 bits per heavy atom. The van der Waals surface area contributed by atoms with Gasteiger partial charge < -0.3 is 9.84 Å². The predicted molar refractivity (Wildman–Crippen MR) is 93.0 cm³/mol. The Hall–Kier alpha value is -1.49. The Balaban J connectivity index is 2.14. The van der Waals surface area contributed by atoms with Crippen LogP contribution >= 0.6 is 34.8 Å². The average molecular weight is 392 g/mol. The lowest BCUT2D eigenvalue weighted by molar-refractivity contribution is -0.143. The number of rotatable bonds is 6. The molecule has 0 bridgehead atoms. The van der Waals surface area contributed by atoms with E-state index in [0.717, 1.165) is 6.07 Å². The first kappa shape index (κ1) is 18.8. The molecule has 0 aliphatic rings. The molecule has 0 saturated carbocycles. The van der Waals surface area contributed by atoms with Crippen LogP contribution in [0, 0.1) is 5.82 Å². The fourth-order valence-corrected chi connectivity index (χ4v) is 2.57. The van der Waals surface area contributed by atoms with E-state index in [2.05, 4.69) is 0 Å². The van der Waals surface area contributed by atoms with Gasteiger partial charge in [-0.3, -0.25) is 4.79 Å². The zero-order valence-electron chi connectivity index (χ0n) is 12.7. The second kappa shape index (κ2) is 7.60. The molecule has 0 amide bonds. The van der Waals surface area contributed by atoms with Crippen LogP contribution < -0.4 is 4.74 Å². The fourth-order valence-electron chi connectivity index (χ4n) is 2.15. The first-order valence-electron chi connectivity index (χ1n) is 7.01. The third kappa shape index (κ3) is 4.12. The largest absolute Gasteiger partial charge is 0.493 e. The maximum atomic E-state index is 13.4. The molecule has 0 spiro atoms. The summed E-state index contributed by atoms with van der Waals surface area (Å²) in [6, 6.07) is 8.74.